The average Bonchev–Trinajstić information content (AvgIpc) is 2.28. The predicted octanol–water partition coefficient (Wildman–Crippen LogP) is 0.620. The van der Waals surface area contributed by atoms with Crippen LogP contribution in [0.2, 0.25) is 0 Å². The summed E-state index contributed by atoms with van der Waals surface area (Å²) in [5.41, 5.74) is 6.02. The molecule has 1 aromatic rings. The average molecular weight is 226 g/mol. The van der Waals surface area contributed by atoms with E-state index in [9.17, 15) is 9.50 Å². The molecule has 0 aromatic heterocycles. The zero-order valence-electron chi connectivity index (χ0n) is 9.56. The third-order valence-corrected chi connectivity index (χ3v) is 2.52. The van der Waals surface area contributed by atoms with Crippen molar-refractivity contribution < 1.29 is 9.50 Å². The third-order valence-electron chi connectivity index (χ3n) is 2.52. The van der Waals surface area contributed by atoms with E-state index in [1.807, 2.05) is 18.0 Å². The number of aliphatic hydroxyl groups excluding tert-OH is 1. The Labute approximate surface area is 95.7 Å². The molecule has 0 radical (unpaired) electrons. The zero-order valence-corrected chi connectivity index (χ0v) is 9.56. The molecule has 0 spiro atoms. The van der Waals surface area contributed by atoms with Gasteiger partial charge in [-0.15, -0.1) is 0 Å². The number of benzene rings is 1. The standard InChI is InChI=1S/C12H19FN2O/c1-15(9-11(16)8-14)7-6-10-4-2-3-5-12(10)13/h2-5,11,16H,6-9,14H2,1H3. The minimum Gasteiger partial charge on any atom is -0.390 e. The van der Waals surface area contributed by atoms with E-state index in [1.165, 1.54) is 6.07 Å². The molecule has 0 aliphatic heterocycles. The zero-order chi connectivity index (χ0) is 12.0. The Bertz CT molecular complexity index is 320. The fourth-order valence-electron chi connectivity index (χ4n) is 1.54. The van der Waals surface area contributed by atoms with E-state index in [2.05, 4.69) is 0 Å². The molecule has 3 N–H and O–H groups in total. The normalized spacial score (nSPS) is 13.1. The van der Waals surface area contributed by atoms with Crippen LogP contribution in [0.3, 0.4) is 0 Å². The van der Waals surface area contributed by atoms with Crippen LogP contribution < -0.4 is 5.73 Å². The van der Waals surface area contributed by atoms with Crippen molar-refractivity contribution in [3.63, 3.8) is 0 Å². The molecule has 1 aromatic carbocycles. The van der Waals surface area contributed by atoms with Gasteiger partial charge in [0.2, 0.25) is 0 Å². The lowest BCUT2D eigenvalue weighted by Gasteiger charge is -2.19. The highest BCUT2D eigenvalue weighted by Crippen LogP contribution is 2.07. The summed E-state index contributed by atoms with van der Waals surface area (Å²) in [5.74, 6) is -0.171. The highest BCUT2D eigenvalue weighted by molar-refractivity contribution is 5.17. The second-order valence-electron chi connectivity index (χ2n) is 3.99. The maximum absolute atomic E-state index is 13.3. The fraction of sp³-hybridized carbons (Fsp3) is 0.500. The van der Waals surface area contributed by atoms with Crippen molar-refractivity contribution in [2.45, 2.75) is 12.5 Å². The summed E-state index contributed by atoms with van der Waals surface area (Å²) in [6, 6.07) is 6.75. The van der Waals surface area contributed by atoms with Crippen LogP contribution in [0.5, 0.6) is 0 Å². The summed E-state index contributed by atoms with van der Waals surface area (Å²) in [6.07, 6.45) is 0.131. The molecule has 0 saturated heterocycles. The molecule has 16 heavy (non-hydrogen) atoms. The topological polar surface area (TPSA) is 49.5 Å². The molecule has 0 aliphatic rings. The van der Waals surface area contributed by atoms with Crippen molar-refractivity contribution in [1.29, 1.82) is 0 Å². The van der Waals surface area contributed by atoms with Gasteiger partial charge in [-0.1, -0.05) is 18.2 Å². The van der Waals surface area contributed by atoms with Crippen LogP contribution >= 0.6 is 0 Å². The second kappa shape index (κ2) is 6.58. The van der Waals surface area contributed by atoms with Crippen molar-refractivity contribution in [2.75, 3.05) is 26.7 Å². The van der Waals surface area contributed by atoms with E-state index >= 15 is 0 Å². The molecule has 1 unspecified atom stereocenters. The highest BCUT2D eigenvalue weighted by Gasteiger charge is 2.07. The Morgan fingerprint density at radius 1 is 1.44 bits per heavy atom. The van der Waals surface area contributed by atoms with Crippen LogP contribution in [-0.4, -0.2) is 42.8 Å². The molecular formula is C12H19FN2O. The lowest BCUT2D eigenvalue weighted by atomic mass is 10.1. The number of nitrogens with two attached hydrogens (primary N) is 1. The predicted molar refractivity (Wildman–Crippen MR) is 62.7 cm³/mol. The minimum absolute atomic E-state index is 0.171. The molecule has 90 valence electrons. The molecule has 0 amide bonds. The summed E-state index contributed by atoms with van der Waals surface area (Å²) < 4.78 is 13.3. The van der Waals surface area contributed by atoms with E-state index in [0.29, 0.717) is 25.1 Å². The lowest BCUT2D eigenvalue weighted by Crippen LogP contribution is -2.35. The molecule has 0 heterocycles. The molecule has 4 heteroatoms. The van der Waals surface area contributed by atoms with E-state index in [-0.39, 0.29) is 12.4 Å². The molecule has 3 nitrogen and oxygen atoms in total. The first-order valence-electron chi connectivity index (χ1n) is 5.43. The number of hydrogen-bond acceptors (Lipinski definition) is 3. The van der Waals surface area contributed by atoms with Gasteiger partial charge < -0.3 is 15.7 Å². The summed E-state index contributed by atoms with van der Waals surface area (Å²) in [4.78, 5) is 1.95. The SMILES string of the molecule is CN(CCc1ccccc1F)CC(O)CN. The number of nitrogens with zero attached hydrogens (tertiary/aromatic N) is 1. The van der Waals surface area contributed by atoms with Crippen molar-refractivity contribution >= 4 is 0 Å². The first-order chi connectivity index (χ1) is 7.63. The van der Waals surface area contributed by atoms with Gasteiger partial charge in [-0.25, -0.2) is 4.39 Å². The number of aliphatic hydroxyl groups is 1. The van der Waals surface area contributed by atoms with Crippen LogP contribution in [0.4, 0.5) is 4.39 Å². The first kappa shape index (κ1) is 13.1. The van der Waals surface area contributed by atoms with Crippen LogP contribution in [0.15, 0.2) is 24.3 Å². The quantitative estimate of drug-likeness (QED) is 0.747. The molecule has 1 atom stereocenters. The fourth-order valence-corrected chi connectivity index (χ4v) is 1.54. The Kier molecular flexibility index (Phi) is 5.38. The van der Waals surface area contributed by atoms with Crippen LogP contribution in [0, 0.1) is 5.82 Å². The number of likely N-dealkylation sites (N-methyl/N-ethyl adjacent to an activating group) is 1. The third kappa shape index (κ3) is 4.26. The molecule has 0 saturated carbocycles. The van der Waals surface area contributed by atoms with Gasteiger partial charge >= 0.3 is 0 Å². The molecule has 0 fully saturated rings. The highest BCUT2D eigenvalue weighted by atomic mass is 19.1. The van der Waals surface area contributed by atoms with Crippen molar-refractivity contribution in [1.82, 2.24) is 4.90 Å². The van der Waals surface area contributed by atoms with Gasteiger partial charge in [0.15, 0.2) is 0 Å². The van der Waals surface area contributed by atoms with Gasteiger partial charge in [0.1, 0.15) is 5.82 Å². The Hall–Kier alpha value is -0.970. The summed E-state index contributed by atoms with van der Waals surface area (Å²) in [6.45, 7) is 1.48. The van der Waals surface area contributed by atoms with Gasteiger partial charge in [-0.2, -0.15) is 0 Å². The van der Waals surface area contributed by atoms with Crippen molar-refractivity contribution in [2.24, 2.45) is 5.73 Å². The maximum atomic E-state index is 13.3. The van der Waals surface area contributed by atoms with Crippen molar-refractivity contribution in [3.8, 4) is 0 Å². The van der Waals surface area contributed by atoms with E-state index in [4.69, 9.17) is 5.73 Å². The van der Waals surface area contributed by atoms with Gasteiger partial charge in [-0.05, 0) is 25.1 Å². The van der Waals surface area contributed by atoms with Gasteiger partial charge in [-0.3, -0.25) is 0 Å². The largest absolute Gasteiger partial charge is 0.390 e. The Balaban J connectivity index is 2.37. The molecule has 0 bridgehead atoms. The summed E-state index contributed by atoms with van der Waals surface area (Å²) in [5, 5.41) is 9.34. The van der Waals surface area contributed by atoms with E-state index < -0.39 is 6.10 Å². The van der Waals surface area contributed by atoms with Gasteiger partial charge in [0, 0.05) is 19.6 Å². The van der Waals surface area contributed by atoms with E-state index in [1.54, 1.807) is 12.1 Å². The van der Waals surface area contributed by atoms with E-state index in [0.717, 1.165) is 0 Å². The molecule has 1 rings (SSSR count). The van der Waals surface area contributed by atoms with Crippen LogP contribution in [0.25, 0.3) is 0 Å². The van der Waals surface area contributed by atoms with Crippen LogP contribution in [-0.2, 0) is 6.42 Å². The monoisotopic (exact) mass is 226 g/mol. The number of hydrogen-bond donors (Lipinski definition) is 2. The smallest absolute Gasteiger partial charge is 0.126 e. The summed E-state index contributed by atoms with van der Waals surface area (Å²) in [7, 11) is 1.89. The first-order valence-corrected chi connectivity index (χ1v) is 5.43. The lowest BCUT2D eigenvalue weighted by molar-refractivity contribution is 0.133. The second-order valence-corrected chi connectivity index (χ2v) is 3.99. The molecular weight excluding hydrogens is 207 g/mol. The number of rotatable bonds is 6. The molecule has 0 aliphatic carbocycles. The van der Waals surface area contributed by atoms with Gasteiger partial charge in [0.05, 0.1) is 6.10 Å². The van der Waals surface area contributed by atoms with Crippen LogP contribution in [0.1, 0.15) is 5.56 Å². The number of halogens is 1. The van der Waals surface area contributed by atoms with Crippen molar-refractivity contribution in [3.05, 3.63) is 35.6 Å². The Morgan fingerprint density at radius 3 is 2.75 bits per heavy atom. The minimum atomic E-state index is -0.509. The Morgan fingerprint density at radius 2 is 2.12 bits per heavy atom. The maximum Gasteiger partial charge on any atom is 0.126 e. The van der Waals surface area contributed by atoms with Gasteiger partial charge in [0.25, 0.3) is 0 Å². The summed E-state index contributed by atoms with van der Waals surface area (Å²) >= 11 is 0.